The zero-order valence-electron chi connectivity index (χ0n) is 12.7. The second-order valence-corrected chi connectivity index (χ2v) is 5.52. The number of carbonyl (C=O) groups is 1. The Bertz CT molecular complexity index is 665. The molecule has 0 saturated heterocycles. The quantitative estimate of drug-likeness (QED) is 0.718. The highest BCUT2D eigenvalue weighted by Gasteiger charge is 2.10. The Labute approximate surface area is 138 Å². The average Bonchev–Trinajstić information content (AvgIpc) is 2.53. The van der Waals surface area contributed by atoms with Gasteiger partial charge in [0, 0.05) is 11.1 Å². The number of rotatable bonds is 6. The molecule has 2 aromatic rings. The maximum atomic E-state index is 11.2. The minimum absolute atomic E-state index is 0.0332. The molecule has 0 unspecified atom stereocenters. The van der Waals surface area contributed by atoms with E-state index in [-0.39, 0.29) is 5.78 Å². The van der Waals surface area contributed by atoms with E-state index in [1.165, 1.54) is 6.92 Å². The first kappa shape index (κ1) is 16.4. The standard InChI is InChI=1S/C17H17BrO4/c1-11(19)12-4-6-14(7-5-12)22-10-13-8-17(21-3)15(18)9-16(13)20-2/h4-9H,10H2,1-3H3. The molecule has 0 aliphatic carbocycles. The van der Waals surface area contributed by atoms with E-state index in [2.05, 4.69) is 15.9 Å². The van der Waals surface area contributed by atoms with Crippen LogP contribution in [0.25, 0.3) is 0 Å². The minimum Gasteiger partial charge on any atom is -0.496 e. The van der Waals surface area contributed by atoms with Crippen LogP contribution in [0.4, 0.5) is 0 Å². The van der Waals surface area contributed by atoms with Gasteiger partial charge < -0.3 is 14.2 Å². The van der Waals surface area contributed by atoms with Gasteiger partial charge in [0.2, 0.25) is 0 Å². The number of Topliss-reactive ketones (excluding diaryl/α,β-unsaturated/α-hetero) is 1. The third kappa shape index (κ3) is 3.80. The average molecular weight is 365 g/mol. The topological polar surface area (TPSA) is 44.8 Å². The van der Waals surface area contributed by atoms with Gasteiger partial charge in [0.15, 0.2) is 5.78 Å². The number of benzene rings is 2. The van der Waals surface area contributed by atoms with Crippen LogP contribution in [-0.4, -0.2) is 20.0 Å². The number of ether oxygens (including phenoxy) is 3. The largest absolute Gasteiger partial charge is 0.496 e. The van der Waals surface area contributed by atoms with Crippen LogP contribution in [0.1, 0.15) is 22.8 Å². The van der Waals surface area contributed by atoms with E-state index in [9.17, 15) is 4.79 Å². The lowest BCUT2D eigenvalue weighted by molar-refractivity contribution is 0.101. The van der Waals surface area contributed by atoms with E-state index < -0.39 is 0 Å². The van der Waals surface area contributed by atoms with Crippen molar-refractivity contribution in [2.45, 2.75) is 13.5 Å². The predicted molar refractivity (Wildman–Crippen MR) is 88.0 cm³/mol. The van der Waals surface area contributed by atoms with Crippen molar-refractivity contribution >= 4 is 21.7 Å². The molecule has 0 aliphatic rings. The summed E-state index contributed by atoms with van der Waals surface area (Å²) in [4.78, 5) is 11.2. The van der Waals surface area contributed by atoms with Crippen LogP contribution in [0.15, 0.2) is 40.9 Å². The maximum absolute atomic E-state index is 11.2. The first-order chi connectivity index (χ1) is 10.5. The molecule has 0 bridgehead atoms. The molecular formula is C17H17BrO4. The summed E-state index contributed by atoms with van der Waals surface area (Å²) in [6.07, 6.45) is 0. The lowest BCUT2D eigenvalue weighted by atomic mass is 10.1. The summed E-state index contributed by atoms with van der Waals surface area (Å²) in [6, 6.07) is 10.8. The van der Waals surface area contributed by atoms with Crippen molar-refractivity contribution < 1.29 is 19.0 Å². The second-order valence-electron chi connectivity index (χ2n) is 4.67. The summed E-state index contributed by atoms with van der Waals surface area (Å²) in [5.41, 5.74) is 1.54. The molecule has 2 aromatic carbocycles. The molecule has 4 nitrogen and oxygen atoms in total. The Morgan fingerprint density at radius 3 is 2.23 bits per heavy atom. The predicted octanol–water partition coefficient (Wildman–Crippen LogP) is 4.25. The van der Waals surface area contributed by atoms with Gasteiger partial charge in [-0.3, -0.25) is 4.79 Å². The van der Waals surface area contributed by atoms with Gasteiger partial charge in [-0.05, 0) is 59.3 Å². The molecule has 0 N–H and O–H groups in total. The zero-order chi connectivity index (χ0) is 16.1. The van der Waals surface area contributed by atoms with Gasteiger partial charge in [-0.25, -0.2) is 0 Å². The summed E-state index contributed by atoms with van der Waals surface area (Å²) in [5, 5.41) is 0. The van der Waals surface area contributed by atoms with Gasteiger partial charge in [0.25, 0.3) is 0 Å². The van der Waals surface area contributed by atoms with Crippen molar-refractivity contribution in [1.29, 1.82) is 0 Å². The molecule has 0 spiro atoms. The molecule has 0 heterocycles. The van der Waals surface area contributed by atoms with Crippen molar-refractivity contribution in [3.05, 3.63) is 52.0 Å². The fourth-order valence-corrected chi connectivity index (χ4v) is 2.47. The Hall–Kier alpha value is -2.01. The van der Waals surface area contributed by atoms with E-state index in [0.29, 0.717) is 29.4 Å². The molecule has 0 amide bonds. The number of halogens is 1. The third-order valence-corrected chi connectivity index (χ3v) is 3.83. The van der Waals surface area contributed by atoms with Crippen LogP contribution in [0, 0.1) is 0 Å². The molecule has 0 aliphatic heterocycles. The number of hydrogen-bond acceptors (Lipinski definition) is 4. The molecule has 0 radical (unpaired) electrons. The molecule has 22 heavy (non-hydrogen) atoms. The van der Waals surface area contributed by atoms with Crippen LogP contribution in [0.2, 0.25) is 0 Å². The maximum Gasteiger partial charge on any atom is 0.159 e. The fraction of sp³-hybridized carbons (Fsp3) is 0.235. The summed E-state index contributed by atoms with van der Waals surface area (Å²) in [5.74, 6) is 2.15. The first-order valence-corrected chi connectivity index (χ1v) is 7.48. The van der Waals surface area contributed by atoms with E-state index >= 15 is 0 Å². The highest BCUT2D eigenvalue weighted by atomic mass is 79.9. The molecule has 2 rings (SSSR count). The number of carbonyl (C=O) groups excluding carboxylic acids is 1. The van der Waals surface area contributed by atoms with E-state index in [1.807, 2.05) is 12.1 Å². The van der Waals surface area contributed by atoms with Crippen molar-refractivity contribution in [2.24, 2.45) is 0 Å². The lowest BCUT2D eigenvalue weighted by Crippen LogP contribution is -2.00. The number of hydrogen-bond donors (Lipinski definition) is 0. The Morgan fingerprint density at radius 2 is 1.68 bits per heavy atom. The summed E-state index contributed by atoms with van der Waals surface area (Å²) in [6.45, 7) is 1.88. The van der Waals surface area contributed by atoms with Crippen molar-refractivity contribution in [1.82, 2.24) is 0 Å². The number of ketones is 1. The molecule has 0 atom stereocenters. The Morgan fingerprint density at radius 1 is 1.05 bits per heavy atom. The van der Waals surface area contributed by atoms with Crippen molar-refractivity contribution in [2.75, 3.05) is 14.2 Å². The normalized spacial score (nSPS) is 10.2. The smallest absolute Gasteiger partial charge is 0.159 e. The zero-order valence-corrected chi connectivity index (χ0v) is 14.3. The molecule has 0 fully saturated rings. The molecule has 0 saturated carbocycles. The summed E-state index contributed by atoms with van der Waals surface area (Å²) >= 11 is 3.42. The van der Waals surface area contributed by atoms with Gasteiger partial charge in [0.05, 0.1) is 18.7 Å². The molecular weight excluding hydrogens is 348 g/mol. The lowest BCUT2D eigenvalue weighted by Gasteiger charge is -2.13. The van der Waals surface area contributed by atoms with Crippen LogP contribution in [0.3, 0.4) is 0 Å². The first-order valence-electron chi connectivity index (χ1n) is 6.69. The number of methoxy groups -OCH3 is 2. The van der Waals surface area contributed by atoms with E-state index in [0.717, 1.165) is 10.0 Å². The van der Waals surface area contributed by atoms with Gasteiger partial charge in [-0.15, -0.1) is 0 Å². The fourth-order valence-electron chi connectivity index (χ4n) is 1.98. The van der Waals surface area contributed by atoms with E-state index in [1.54, 1.807) is 38.5 Å². The van der Waals surface area contributed by atoms with Gasteiger partial charge in [-0.2, -0.15) is 0 Å². The van der Waals surface area contributed by atoms with Gasteiger partial charge in [-0.1, -0.05) is 0 Å². The van der Waals surface area contributed by atoms with Crippen LogP contribution < -0.4 is 14.2 Å². The highest BCUT2D eigenvalue weighted by Crippen LogP contribution is 2.33. The van der Waals surface area contributed by atoms with Crippen LogP contribution in [0.5, 0.6) is 17.2 Å². The van der Waals surface area contributed by atoms with Crippen molar-refractivity contribution in [3.63, 3.8) is 0 Å². The summed E-state index contributed by atoms with van der Waals surface area (Å²) in [7, 11) is 3.22. The van der Waals surface area contributed by atoms with Crippen molar-refractivity contribution in [3.8, 4) is 17.2 Å². The second kappa shape index (κ2) is 7.31. The highest BCUT2D eigenvalue weighted by molar-refractivity contribution is 9.10. The monoisotopic (exact) mass is 364 g/mol. The van der Waals surface area contributed by atoms with Crippen LogP contribution >= 0.6 is 15.9 Å². The summed E-state index contributed by atoms with van der Waals surface area (Å²) < 4.78 is 17.2. The SMILES string of the molecule is COc1cc(COc2ccc(C(C)=O)cc2)c(OC)cc1Br. The van der Waals surface area contributed by atoms with Crippen LogP contribution in [-0.2, 0) is 6.61 Å². The Kier molecular flexibility index (Phi) is 5.44. The minimum atomic E-state index is 0.0332. The van der Waals surface area contributed by atoms with Gasteiger partial charge in [0.1, 0.15) is 23.9 Å². The van der Waals surface area contributed by atoms with E-state index in [4.69, 9.17) is 14.2 Å². The third-order valence-electron chi connectivity index (χ3n) is 3.21. The Balaban J connectivity index is 2.15. The molecule has 0 aromatic heterocycles. The van der Waals surface area contributed by atoms with Gasteiger partial charge >= 0.3 is 0 Å². The molecule has 116 valence electrons. The molecule has 5 heteroatoms.